The predicted octanol–water partition coefficient (Wildman–Crippen LogP) is 6.56. The second-order valence-electron chi connectivity index (χ2n) is 10.8. The quantitative estimate of drug-likeness (QED) is 0.481. The normalized spacial score (nSPS) is 43.5. The Morgan fingerprint density at radius 2 is 1.96 bits per heavy atom. The van der Waals surface area contributed by atoms with Crippen molar-refractivity contribution >= 4 is 0 Å². The van der Waals surface area contributed by atoms with E-state index in [9.17, 15) is 0 Å². The predicted molar refractivity (Wildman–Crippen MR) is 116 cm³/mol. The lowest BCUT2D eigenvalue weighted by Crippen LogP contribution is -2.45. The first-order valence-corrected chi connectivity index (χ1v) is 11.9. The van der Waals surface area contributed by atoms with Gasteiger partial charge in [0.2, 0.25) is 0 Å². The molecule has 0 saturated heterocycles. The Morgan fingerprint density at radius 1 is 1.14 bits per heavy atom. The van der Waals surface area contributed by atoms with Crippen LogP contribution in [0.15, 0.2) is 23.3 Å². The van der Waals surface area contributed by atoms with Crippen LogP contribution < -0.4 is 0 Å². The van der Waals surface area contributed by atoms with Crippen molar-refractivity contribution in [3.8, 4) is 0 Å². The number of ether oxygens (including phenoxy) is 2. The summed E-state index contributed by atoms with van der Waals surface area (Å²) in [7, 11) is 3.73. The van der Waals surface area contributed by atoms with Gasteiger partial charge in [0.1, 0.15) is 0 Å². The fourth-order valence-electron chi connectivity index (χ4n) is 7.75. The van der Waals surface area contributed by atoms with Gasteiger partial charge < -0.3 is 9.47 Å². The van der Waals surface area contributed by atoms with Crippen LogP contribution in [0.3, 0.4) is 0 Å². The van der Waals surface area contributed by atoms with E-state index in [1.165, 1.54) is 57.8 Å². The molecular weight excluding hydrogens is 344 g/mol. The Bertz CT molecular complexity index is 634. The average molecular weight is 387 g/mol. The van der Waals surface area contributed by atoms with Crippen LogP contribution in [-0.4, -0.2) is 26.9 Å². The third-order valence-corrected chi connectivity index (χ3v) is 9.54. The number of allylic oxidation sites excluding steroid dienone is 4. The van der Waals surface area contributed by atoms with Crippen LogP contribution in [0.4, 0.5) is 0 Å². The molecule has 4 aliphatic rings. The monoisotopic (exact) mass is 386 g/mol. The molecule has 2 heteroatoms. The molecule has 4 rings (SSSR count). The Labute approximate surface area is 173 Å². The lowest BCUT2D eigenvalue weighted by molar-refractivity contribution is 0.00252. The van der Waals surface area contributed by atoms with Gasteiger partial charge in [-0.2, -0.15) is 0 Å². The molecule has 2 saturated carbocycles. The number of rotatable bonds is 6. The highest BCUT2D eigenvalue weighted by atomic mass is 16.5. The van der Waals surface area contributed by atoms with Gasteiger partial charge in [-0.15, -0.1) is 0 Å². The molecule has 0 radical (unpaired) electrons. The van der Waals surface area contributed by atoms with Crippen molar-refractivity contribution in [1.82, 2.24) is 0 Å². The van der Waals surface area contributed by atoms with Gasteiger partial charge in [-0.25, -0.2) is 0 Å². The maximum atomic E-state index is 5.74. The molecule has 0 N–H and O–H groups in total. The number of hydrogen-bond donors (Lipinski definition) is 0. The molecule has 0 aliphatic heterocycles. The van der Waals surface area contributed by atoms with Crippen LogP contribution in [-0.2, 0) is 9.47 Å². The SMILES string of the molecule is COCCC[C@@H](C)[C@H]1CC[C@H]2C3=CC[C@@H]4C[C@H](OC)CC[C@]4(C)C3=CC[C@]12C. The molecule has 4 aliphatic carbocycles. The summed E-state index contributed by atoms with van der Waals surface area (Å²) in [5.74, 6) is 3.24. The molecule has 0 spiro atoms. The van der Waals surface area contributed by atoms with Crippen molar-refractivity contribution < 1.29 is 9.47 Å². The molecule has 7 atom stereocenters. The van der Waals surface area contributed by atoms with Crippen molar-refractivity contribution in [2.24, 2.45) is 34.5 Å². The number of hydrogen-bond acceptors (Lipinski definition) is 2. The van der Waals surface area contributed by atoms with Crippen LogP contribution in [0.5, 0.6) is 0 Å². The third kappa shape index (κ3) is 3.23. The summed E-state index contributed by atoms with van der Waals surface area (Å²) in [5, 5.41) is 0. The zero-order valence-electron chi connectivity index (χ0n) is 18.9. The van der Waals surface area contributed by atoms with Crippen molar-refractivity contribution in [2.75, 3.05) is 20.8 Å². The van der Waals surface area contributed by atoms with E-state index in [-0.39, 0.29) is 0 Å². The second kappa shape index (κ2) is 7.91. The maximum absolute atomic E-state index is 5.74. The minimum absolute atomic E-state index is 0.391. The second-order valence-corrected chi connectivity index (χ2v) is 10.8. The van der Waals surface area contributed by atoms with E-state index in [0.717, 1.165) is 30.3 Å². The van der Waals surface area contributed by atoms with Gasteiger partial charge in [0.15, 0.2) is 0 Å². The van der Waals surface area contributed by atoms with Gasteiger partial charge >= 0.3 is 0 Å². The zero-order chi connectivity index (χ0) is 19.9. The van der Waals surface area contributed by atoms with Crippen LogP contribution in [0.1, 0.15) is 78.6 Å². The Hall–Kier alpha value is -0.600. The standard InChI is InChI=1S/C26H42O2/c1-18(7-6-16-27-4)22-10-11-23-21-9-8-19-17-20(28-5)12-14-25(19,2)24(21)13-15-26(22,23)3/h9,13,18-20,22-23H,6-8,10-12,14-17H2,1-5H3/t18-,19-,20-,22-,23+,25+,26-/m1/s1. The van der Waals surface area contributed by atoms with Crippen molar-refractivity contribution in [3.05, 3.63) is 23.3 Å². The Kier molecular flexibility index (Phi) is 5.84. The molecule has 0 aromatic heterocycles. The topological polar surface area (TPSA) is 18.5 Å². The van der Waals surface area contributed by atoms with Gasteiger partial charge in [-0.05, 0) is 103 Å². The fraction of sp³-hybridized carbons (Fsp3) is 0.846. The lowest BCUT2D eigenvalue weighted by Gasteiger charge is -2.53. The largest absolute Gasteiger partial charge is 0.385 e. The summed E-state index contributed by atoms with van der Waals surface area (Å²) in [4.78, 5) is 0. The molecule has 0 unspecified atom stereocenters. The Balaban J connectivity index is 1.55. The van der Waals surface area contributed by atoms with Crippen molar-refractivity contribution in [2.45, 2.75) is 84.7 Å². The third-order valence-electron chi connectivity index (χ3n) is 9.54. The lowest BCUT2D eigenvalue weighted by atomic mass is 9.51. The highest BCUT2D eigenvalue weighted by Gasteiger charge is 2.55. The van der Waals surface area contributed by atoms with Crippen LogP contribution in [0.25, 0.3) is 0 Å². The molecular formula is C26H42O2. The van der Waals surface area contributed by atoms with E-state index < -0.39 is 0 Å². The van der Waals surface area contributed by atoms with Crippen LogP contribution >= 0.6 is 0 Å². The van der Waals surface area contributed by atoms with Crippen molar-refractivity contribution in [1.29, 1.82) is 0 Å². The molecule has 28 heavy (non-hydrogen) atoms. The molecule has 2 fully saturated rings. The molecule has 0 aromatic rings. The van der Waals surface area contributed by atoms with Gasteiger partial charge in [0.05, 0.1) is 6.10 Å². The maximum Gasteiger partial charge on any atom is 0.0574 e. The van der Waals surface area contributed by atoms with Crippen LogP contribution in [0, 0.1) is 34.5 Å². The highest BCUT2D eigenvalue weighted by Crippen LogP contribution is 2.65. The van der Waals surface area contributed by atoms with Crippen molar-refractivity contribution in [3.63, 3.8) is 0 Å². The highest BCUT2D eigenvalue weighted by molar-refractivity contribution is 5.46. The summed E-state index contributed by atoms with van der Waals surface area (Å²) in [5.41, 5.74) is 4.36. The number of methoxy groups -OCH3 is 2. The van der Waals surface area contributed by atoms with Crippen LogP contribution in [0.2, 0.25) is 0 Å². The molecule has 0 heterocycles. The van der Waals surface area contributed by atoms with Gasteiger partial charge in [0.25, 0.3) is 0 Å². The molecule has 158 valence electrons. The summed E-state index contributed by atoms with van der Waals surface area (Å²) in [6, 6.07) is 0. The van der Waals surface area contributed by atoms with E-state index in [1.54, 1.807) is 11.1 Å². The summed E-state index contributed by atoms with van der Waals surface area (Å²) < 4.78 is 11.0. The summed E-state index contributed by atoms with van der Waals surface area (Å²) in [6.45, 7) is 8.61. The van der Waals surface area contributed by atoms with Gasteiger partial charge in [-0.1, -0.05) is 32.9 Å². The summed E-state index contributed by atoms with van der Waals surface area (Å²) in [6.07, 6.45) is 17.5. The zero-order valence-corrected chi connectivity index (χ0v) is 18.9. The minimum atomic E-state index is 0.391. The first-order chi connectivity index (χ1) is 13.4. The fourth-order valence-corrected chi connectivity index (χ4v) is 7.75. The van der Waals surface area contributed by atoms with Gasteiger partial charge in [-0.3, -0.25) is 0 Å². The first-order valence-electron chi connectivity index (χ1n) is 11.9. The molecule has 0 bridgehead atoms. The molecule has 2 nitrogen and oxygen atoms in total. The van der Waals surface area contributed by atoms with E-state index in [1.807, 2.05) is 14.2 Å². The van der Waals surface area contributed by atoms with E-state index in [4.69, 9.17) is 9.47 Å². The van der Waals surface area contributed by atoms with E-state index >= 15 is 0 Å². The number of fused-ring (bicyclic) bond motifs is 5. The summed E-state index contributed by atoms with van der Waals surface area (Å²) >= 11 is 0. The molecule has 0 amide bonds. The molecule has 0 aromatic carbocycles. The first kappa shape index (κ1) is 20.7. The smallest absolute Gasteiger partial charge is 0.0574 e. The van der Waals surface area contributed by atoms with Gasteiger partial charge in [0, 0.05) is 20.8 Å². The minimum Gasteiger partial charge on any atom is -0.385 e. The Morgan fingerprint density at radius 3 is 2.71 bits per heavy atom. The average Bonchev–Trinajstić information content (AvgIpc) is 3.04. The van der Waals surface area contributed by atoms with E-state index in [0.29, 0.717) is 16.9 Å². The van der Waals surface area contributed by atoms with E-state index in [2.05, 4.69) is 32.9 Å².